The molecule has 1 fully saturated rings. The molecule has 0 unspecified atom stereocenters. The fraction of sp³-hybridized carbons (Fsp3) is 0.429. The summed E-state index contributed by atoms with van der Waals surface area (Å²) >= 11 is 1.09. The average molecular weight is 451 g/mol. The third kappa shape index (κ3) is 7.27. The number of aliphatic hydroxyl groups is 3. The van der Waals surface area contributed by atoms with Crippen molar-refractivity contribution >= 4 is 23.8 Å². The van der Waals surface area contributed by atoms with Crippen molar-refractivity contribution in [2.45, 2.75) is 42.7 Å². The van der Waals surface area contributed by atoms with Crippen LogP contribution in [0, 0.1) is 11.3 Å². The number of benzene rings is 1. The number of carbonyl (C=O) groups is 1. The molecule has 31 heavy (non-hydrogen) atoms. The highest BCUT2D eigenvalue weighted by molar-refractivity contribution is 8.02. The fourth-order valence-electron chi connectivity index (χ4n) is 2.69. The predicted molar refractivity (Wildman–Crippen MR) is 113 cm³/mol. The van der Waals surface area contributed by atoms with Gasteiger partial charge in [0.15, 0.2) is 11.5 Å². The van der Waals surface area contributed by atoms with E-state index in [9.17, 15) is 25.2 Å². The summed E-state index contributed by atoms with van der Waals surface area (Å²) in [6, 6.07) is 6.55. The number of hydrogen-bond donors (Lipinski definition) is 4. The normalized spacial score (nSPS) is 26.1. The van der Waals surface area contributed by atoms with Gasteiger partial charge in [0.1, 0.15) is 36.5 Å². The number of aromatic hydroxyl groups is 1. The van der Waals surface area contributed by atoms with Gasteiger partial charge in [-0.2, -0.15) is 5.26 Å². The highest BCUT2D eigenvalue weighted by atomic mass is 32.2. The van der Waals surface area contributed by atoms with E-state index < -0.39 is 35.8 Å². The minimum atomic E-state index is -1.47. The molecule has 1 aromatic carbocycles. The van der Waals surface area contributed by atoms with Crippen molar-refractivity contribution in [1.29, 1.82) is 5.26 Å². The maximum absolute atomic E-state index is 12.0. The summed E-state index contributed by atoms with van der Waals surface area (Å²) in [5, 5.41) is 50.0. The van der Waals surface area contributed by atoms with E-state index in [0.29, 0.717) is 18.4 Å². The highest BCUT2D eigenvalue weighted by Crippen LogP contribution is 2.30. The second kappa shape index (κ2) is 12.3. The molecule has 0 aliphatic carbocycles. The second-order valence-electron chi connectivity index (χ2n) is 6.61. The average Bonchev–Trinajstić information content (AvgIpc) is 2.77. The van der Waals surface area contributed by atoms with Gasteiger partial charge in [-0.3, -0.25) is 0 Å². The molecule has 1 saturated heterocycles. The molecule has 4 N–H and O–H groups in total. The molecule has 1 heterocycles. The molecular formula is C21H25NO8S. The van der Waals surface area contributed by atoms with Crippen LogP contribution in [0.4, 0.5) is 0 Å². The van der Waals surface area contributed by atoms with Gasteiger partial charge in [-0.05, 0) is 35.6 Å². The molecule has 9 nitrogen and oxygen atoms in total. The van der Waals surface area contributed by atoms with Crippen molar-refractivity contribution in [2.75, 3.05) is 13.7 Å². The van der Waals surface area contributed by atoms with Gasteiger partial charge in [0, 0.05) is 12.5 Å². The monoisotopic (exact) mass is 451 g/mol. The lowest BCUT2D eigenvalue weighted by Gasteiger charge is -2.39. The van der Waals surface area contributed by atoms with Gasteiger partial charge in [0.25, 0.3) is 0 Å². The molecule has 1 aliphatic rings. The van der Waals surface area contributed by atoms with Gasteiger partial charge < -0.3 is 34.6 Å². The van der Waals surface area contributed by atoms with Crippen LogP contribution < -0.4 is 4.74 Å². The maximum atomic E-state index is 12.0. The summed E-state index contributed by atoms with van der Waals surface area (Å²) < 4.78 is 15.7. The molecular weight excluding hydrogens is 426 g/mol. The second-order valence-corrected chi connectivity index (χ2v) is 7.62. The number of carbonyl (C=O) groups excluding carboxylic acids is 1. The first-order valence-electron chi connectivity index (χ1n) is 9.46. The van der Waals surface area contributed by atoms with Crippen molar-refractivity contribution in [3.63, 3.8) is 0 Å². The van der Waals surface area contributed by atoms with Crippen LogP contribution in [0.2, 0.25) is 0 Å². The number of nitriles is 1. The molecule has 5 atom stereocenters. The van der Waals surface area contributed by atoms with Crippen molar-refractivity contribution in [1.82, 2.24) is 0 Å². The molecule has 1 aliphatic heterocycles. The minimum Gasteiger partial charge on any atom is -0.504 e. The smallest absolute Gasteiger partial charge is 0.330 e. The van der Waals surface area contributed by atoms with E-state index in [0.717, 1.165) is 17.8 Å². The number of aliphatic hydroxyl groups excluding tert-OH is 3. The van der Waals surface area contributed by atoms with Crippen LogP contribution in [-0.4, -0.2) is 70.0 Å². The molecule has 168 valence electrons. The van der Waals surface area contributed by atoms with Gasteiger partial charge in [0.2, 0.25) is 0 Å². The van der Waals surface area contributed by atoms with Gasteiger partial charge in [0.05, 0.1) is 13.2 Å². The molecule has 0 amide bonds. The Labute approximate surface area is 184 Å². The Hall–Kier alpha value is -2.55. The number of phenolic OH excluding ortho intramolecular Hbond substituents is 1. The van der Waals surface area contributed by atoms with E-state index in [1.165, 1.54) is 25.3 Å². The van der Waals surface area contributed by atoms with E-state index >= 15 is 0 Å². The van der Waals surface area contributed by atoms with E-state index in [2.05, 4.69) is 0 Å². The number of allylic oxidation sites excluding steroid dienone is 1. The number of esters is 1. The summed E-state index contributed by atoms with van der Waals surface area (Å²) in [6.07, 6.45) is -0.0175. The van der Waals surface area contributed by atoms with E-state index in [4.69, 9.17) is 19.5 Å². The zero-order chi connectivity index (χ0) is 22.8. The summed E-state index contributed by atoms with van der Waals surface area (Å²) in [5.41, 5.74) is -0.279. The van der Waals surface area contributed by atoms with Crippen molar-refractivity contribution in [3.05, 3.63) is 41.3 Å². The van der Waals surface area contributed by atoms with Crippen LogP contribution in [0.1, 0.15) is 18.4 Å². The fourth-order valence-corrected chi connectivity index (χ4v) is 3.62. The lowest BCUT2D eigenvalue weighted by molar-refractivity contribution is -0.209. The first-order valence-corrected chi connectivity index (χ1v) is 10.4. The minimum absolute atomic E-state index is 0.0289. The Balaban J connectivity index is 1.90. The summed E-state index contributed by atoms with van der Waals surface area (Å²) in [5.74, 6) is -0.477. The molecule has 0 aromatic heterocycles. The summed E-state index contributed by atoms with van der Waals surface area (Å²) in [7, 11) is 1.41. The van der Waals surface area contributed by atoms with Crippen LogP contribution in [-0.2, 0) is 14.3 Å². The van der Waals surface area contributed by atoms with Crippen LogP contribution in [0.15, 0.2) is 35.8 Å². The topological polar surface area (TPSA) is 149 Å². The predicted octanol–water partition coefficient (Wildman–Crippen LogP) is 1.32. The highest BCUT2D eigenvalue weighted by Gasteiger charge is 2.44. The molecule has 0 bridgehead atoms. The number of phenols is 1. The van der Waals surface area contributed by atoms with Gasteiger partial charge >= 0.3 is 5.97 Å². The van der Waals surface area contributed by atoms with Gasteiger partial charge in [-0.25, -0.2) is 4.79 Å². The number of rotatable bonds is 9. The Kier molecular flexibility index (Phi) is 9.84. The molecule has 2 rings (SSSR count). The van der Waals surface area contributed by atoms with Crippen LogP contribution in [0.5, 0.6) is 11.5 Å². The lowest BCUT2D eigenvalue weighted by Crippen LogP contribution is -2.57. The zero-order valence-electron chi connectivity index (χ0n) is 16.8. The van der Waals surface area contributed by atoms with Crippen molar-refractivity contribution in [3.8, 4) is 17.6 Å². The number of thioether (sulfide) groups is 1. The third-order valence-electron chi connectivity index (χ3n) is 4.41. The summed E-state index contributed by atoms with van der Waals surface area (Å²) in [6.45, 7) is -0.331. The third-order valence-corrected chi connectivity index (χ3v) is 5.41. The van der Waals surface area contributed by atoms with E-state index in [-0.39, 0.29) is 18.1 Å². The quantitative estimate of drug-likeness (QED) is 0.246. The van der Waals surface area contributed by atoms with E-state index in [1.54, 1.807) is 17.6 Å². The SMILES string of the molecule is COc1cc(/C=C/C(=O)OC[C@H]2O[C@@H](S/C=C/CCC#N)[C@H](O)[C@@H](O)[C@@H]2O)ccc1O. The van der Waals surface area contributed by atoms with E-state index in [1.807, 2.05) is 6.07 Å². The summed E-state index contributed by atoms with van der Waals surface area (Å²) in [4.78, 5) is 12.0. The number of ether oxygens (including phenoxy) is 3. The Bertz CT molecular complexity index is 837. The number of methoxy groups -OCH3 is 1. The standard InChI is InChI=1S/C21H25NO8S/c1-28-15-11-13(5-7-14(15)23)6-8-17(24)29-12-16-18(25)19(26)20(27)21(30-16)31-10-4-2-3-9-22/h4-8,10-11,16,18-21,23,25-27H,2-3,12H2,1H3/b8-6+,10-4+/t16-,18-,19+,20-,21+/m1/s1. The zero-order valence-corrected chi connectivity index (χ0v) is 17.6. The van der Waals surface area contributed by atoms with Crippen molar-refractivity contribution in [2.24, 2.45) is 0 Å². The lowest BCUT2D eigenvalue weighted by atomic mass is 10.0. The molecule has 1 aromatic rings. The van der Waals surface area contributed by atoms with Crippen LogP contribution in [0.25, 0.3) is 6.08 Å². The Morgan fingerprint density at radius 1 is 1.29 bits per heavy atom. The first kappa shape index (κ1) is 24.7. The van der Waals surface area contributed by atoms with Gasteiger partial charge in [-0.15, -0.1) is 0 Å². The van der Waals surface area contributed by atoms with Crippen LogP contribution >= 0.6 is 11.8 Å². The number of nitrogens with zero attached hydrogens (tertiary/aromatic N) is 1. The number of hydrogen-bond acceptors (Lipinski definition) is 10. The molecule has 0 saturated carbocycles. The maximum Gasteiger partial charge on any atom is 0.330 e. The molecule has 10 heteroatoms. The molecule has 0 spiro atoms. The number of unbranched alkanes of at least 4 members (excludes halogenated alkanes) is 1. The van der Waals surface area contributed by atoms with Crippen LogP contribution in [0.3, 0.4) is 0 Å². The largest absolute Gasteiger partial charge is 0.504 e. The van der Waals surface area contributed by atoms with Crippen molar-refractivity contribution < 1.29 is 39.4 Å². The molecule has 0 radical (unpaired) electrons. The Morgan fingerprint density at radius 3 is 2.77 bits per heavy atom. The van der Waals surface area contributed by atoms with Gasteiger partial charge in [-0.1, -0.05) is 23.9 Å². The first-order chi connectivity index (χ1) is 14.9. The Morgan fingerprint density at radius 2 is 2.06 bits per heavy atom.